The third-order valence-electron chi connectivity index (χ3n) is 5.54. The monoisotopic (exact) mass is 475 g/mol. The number of esters is 1. The fourth-order valence-electron chi connectivity index (χ4n) is 4.04. The molecule has 0 spiro atoms. The molecule has 0 aliphatic carbocycles. The van der Waals surface area contributed by atoms with Gasteiger partial charge in [-0.25, -0.2) is 4.79 Å². The number of hydrogen-bond acceptors (Lipinski definition) is 5. The van der Waals surface area contributed by atoms with Gasteiger partial charge in [-0.1, -0.05) is 59.6 Å². The molecule has 4 rings (SSSR count). The number of aliphatic hydroxyl groups excluding tert-OH is 1. The quantitative estimate of drug-likeness (QED) is 0.229. The lowest BCUT2D eigenvalue weighted by atomic mass is 9.94. The summed E-state index contributed by atoms with van der Waals surface area (Å²) in [6, 6.07) is 19.2. The summed E-state index contributed by atoms with van der Waals surface area (Å²) in [7, 11) is 0. The third kappa shape index (κ3) is 4.32. The summed E-state index contributed by atoms with van der Waals surface area (Å²) in [6.07, 6.45) is 0. The molecule has 7 heteroatoms. The average molecular weight is 476 g/mol. The smallest absolute Gasteiger partial charge is 0.338 e. The number of carbonyl (C=O) groups excluding carboxylic acids is 3. The number of hydrogen-bond donors (Lipinski definition) is 1. The van der Waals surface area contributed by atoms with Crippen molar-refractivity contribution in [3.63, 3.8) is 0 Å². The number of rotatable bonds is 5. The highest BCUT2D eigenvalue weighted by Gasteiger charge is 2.47. The summed E-state index contributed by atoms with van der Waals surface area (Å²) in [5, 5.41) is 11.5. The highest BCUT2D eigenvalue weighted by Crippen LogP contribution is 2.42. The zero-order valence-corrected chi connectivity index (χ0v) is 19.4. The van der Waals surface area contributed by atoms with Gasteiger partial charge in [0.05, 0.1) is 23.8 Å². The number of aliphatic hydroxyl groups is 1. The first-order valence-electron chi connectivity index (χ1n) is 10.7. The number of benzene rings is 3. The van der Waals surface area contributed by atoms with Crippen LogP contribution in [0.25, 0.3) is 5.76 Å². The second-order valence-electron chi connectivity index (χ2n) is 7.86. The molecule has 1 fully saturated rings. The Labute approximate surface area is 202 Å². The Morgan fingerprint density at radius 3 is 2.41 bits per heavy atom. The zero-order chi connectivity index (χ0) is 24.4. The Morgan fingerprint density at radius 1 is 1.00 bits per heavy atom. The highest BCUT2D eigenvalue weighted by atomic mass is 35.5. The number of nitrogens with zero attached hydrogens (tertiary/aromatic N) is 1. The van der Waals surface area contributed by atoms with E-state index in [0.717, 1.165) is 5.56 Å². The Kier molecular flexibility index (Phi) is 6.52. The van der Waals surface area contributed by atoms with E-state index in [1.54, 1.807) is 49.4 Å². The van der Waals surface area contributed by atoms with Crippen LogP contribution in [0.15, 0.2) is 78.4 Å². The van der Waals surface area contributed by atoms with E-state index in [-0.39, 0.29) is 23.5 Å². The summed E-state index contributed by atoms with van der Waals surface area (Å²) < 4.78 is 5.08. The van der Waals surface area contributed by atoms with Crippen LogP contribution < -0.4 is 4.90 Å². The number of ether oxygens (including phenoxy) is 1. The summed E-state index contributed by atoms with van der Waals surface area (Å²) in [4.78, 5) is 40.1. The van der Waals surface area contributed by atoms with Gasteiger partial charge in [-0.15, -0.1) is 0 Å². The molecule has 0 aromatic heterocycles. The summed E-state index contributed by atoms with van der Waals surface area (Å²) in [6.45, 7) is 3.80. The summed E-state index contributed by atoms with van der Waals surface area (Å²) in [5.41, 5.74) is 2.42. The van der Waals surface area contributed by atoms with E-state index in [4.69, 9.17) is 16.3 Å². The molecule has 6 nitrogen and oxygen atoms in total. The molecular formula is C27H22ClNO5. The van der Waals surface area contributed by atoms with Crippen LogP contribution in [-0.2, 0) is 14.3 Å². The van der Waals surface area contributed by atoms with Gasteiger partial charge in [-0.05, 0) is 49.7 Å². The standard InChI is InChI=1S/C27H22ClNO5/c1-3-34-27(33)19-10-6-12-21(15-19)29-23(17-8-4-7-16(2)13-17)22(25(31)26(29)32)24(30)18-9-5-11-20(28)14-18/h4-15,23,30H,3H2,1-2H3/b24-22+. The first-order valence-corrected chi connectivity index (χ1v) is 11.1. The first kappa shape index (κ1) is 23.3. The minimum absolute atomic E-state index is 0.0561. The Balaban J connectivity index is 1.93. The number of anilines is 1. The normalized spacial score (nSPS) is 17.1. The van der Waals surface area contributed by atoms with Crippen molar-refractivity contribution in [1.29, 1.82) is 0 Å². The maximum Gasteiger partial charge on any atom is 0.338 e. The van der Waals surface area contributed by atoms with E-state index in [1.807, 2.05) is 25.1 Å². The predicted octanol–water partition coefficient (Wildman–Crippen LogP) is 5.45. The van der Waals surface area contributed by atoms with Gasteiger partial charge in [-0.2, -0.15) is 0 Å². The van der Waals surface area contributed by atoms with E-state index in [9.17, 15) is 19.5 Å². The zero-order valence-electron chi connectivity index (χ0n) is 18.6. The lowest BCUT2D eigenvalue weighted by Gasteiger charge is -2.26. The van der Waals surface area contributed by atoms with Crippen molar-refractivity contribution in [1.82, 2.24) is 0 Å². The number of aryl methyl sites for hydroxylation is 1. The van der Waals surface area contributed by atoms with Crippen molar-refractivity contribution in [2.75, 3.05) is 11.5 Å². The lowest BCUT2D eigenvalue weighted by molar-refractivity contribution is -0.132. The van der Waals surface area contributed by atoms with Gasteiger partial charge in [-0.3, -0.25) is 14.5 Å². The fourth-order valence-corrected chi connectivity index (χ4v) is 4.23. The van der Waals surface area contributed by atoms with Gasteiger partial charge < -0.3 is 9.84 Å². The molecule has 1 atom stereocenters. The molecule has 1 heterocycles. The van der Waals surface area contributed by atoms with Crippen molar-refractivity contribution in [3.05, 3.63) is 106 Å². The predicted molar refractivity (Wildman–Crippen MR) is 130 cm³/mol. The van der Waals surface area contributed by atoms with Crippen molar-refractivity contribution in [2.24, 2.45) is 0 Å². The molecule has 3 aromatic carbocycles. The number of carbonyl (C=O) groups is 3. The van der Waals surface area contributed by atoms with Gasteiger partial charge in [0.2, 0.25) is 0 Å². The Bertz CT molecular complexity index is 1330. The minimum Gasteiger partial charge on any atom is -0.507 e. The number of halogens is 1. The van der Waals surface area contributed by atoms with Gasteiger partial charge in [0.25, 0.3) is 11.7 Å². The lowest BCUT2D eigenvalue weighted by Crippen LogP contribution is -2.29. The van der Waals surface area contributed by atoms with Crippen LogP contribution in [0.2, 0.25) is 5.02 Å². The number of amides is 1. The van der Waals surface area contributed by atoms with Crippen LogP contribution in [0, 0.1) is 6.92 Å². The van der Waals surface area contributed by atoms with Crippen LogP contribution in [0.1, 0.15) is 40.0 Å². The Hall–Kier alpha value is -3.90. The number of ketones is 1. The van der Waals surface area contributed by atoms with Crippen molar-refractivity contribution in [3.8, 4) is 0 Å². The van der Waals surface area contributed by atoms with Crippen LogP contribution in [0.3, 0.4) is 0 Å². The van der Waals surface area contributed by atoms with E-state index < -0.39 is 23.7 Å². The van der Waals surface area contributed by atoms with Crippen LogP contribution in [0.5, 0.6) is 0 Å². The number of Topliss-reactive ketones (excluding diaryl/α,β-unsaturated/α-hetero) is 1. The molecule has 0 saturated carbocycles. The van der Waals surface area contributed by atoms with Crippen molar-refractivity contribution < 1.29 is 24.2 Å². The van der Waals surface area contributed by atoms with E-state index >= 15 is 0 Å². The molecule has 1 N–H and O–H groups in total. The summed E-state index contributed by atoms with van der Waals surface area (Å²) >= 11 is 6.09. The van der Waals surface area contributed by atoms with Gasteiger partial charge in [0.15, 0.2) is 0 Å². The SMILES string of the molecule is CCOC(=O)c1cccc(N2C(=O)C(=O)/C(=C(/O)c3cccc(Cl)c3)C2c2cccc(C)c2)c1. The topological polar surface area (TPSA) is 83.9 Å². The molecule has 3 aromatic rings. The molecule has 34 heavy (non-hydrogen) atoms. The molecule has 1 saturated heterocycles. The molecule has 1 aliphatic rings. The van der Waals surface area contributed by atoms with Gasteiger partial charge in [0.1, 0.15) is 5.76 Å². The molecule has 0 radical (unpaired) electrons. The second-order valence-corrected chi connectivity index (χ2v) is 8.30. The minimum atomic E-state index is -0.906. The summed E-state index contributed by atoms with van der Waals surface area (Å²) in [5.74, 6) is -2.50. The van der Waals surface area contributed by atoms with Crippen LogP contribution >= 0.6 is 11.6 Å². The van der Waals surface area contributed by atoms with E-state index in [1.165, 1.54) is 17.0 Å². The first-order chi connectivity index (χ1) is 16.3. The van der Waals surface area contributed by atoms with E-state index in [0.29, 0.717) is 21.8 Å². The largest absolute Gasteiger partial charge is 0.507 e. The molecule has 1 unspecified atom stereocenters. The molecule has 1 amide bonds. The molecule has 0 bridgehead atoms. The maximum absolute atomic E-state index is 13.3. The average Bonchev–Trinajstić information content (AvgIpc) is 3.09. The molecule has 1 aliphatic heterocycles. The molecule has 172 valence electrons. The highest BCUT2D eigenvalue weighted by molar-refractivity contribution is 6.51. The maximum atomic E-state index is 13.3. The van der Waals surface area contributed by atoms with E-state index in [2.05, 4.69) is 0 Å². The van der Waals surface area contributed by atoms with Crippen molar-refractivity contribution >= 4 is 40.7 Å². The van der Waals surface area contributed by atoms with Gasteiger partial charge >= 0.3 is 5.97 Å². The second kappa shape index (κ2) is 9.53. The third-order valence-corrected chi connectivity index (χ3v) is 5.77. The van der Waals surface area contributed by atoms with Crippen molar-refractivity contribution in [2.45, 2.75) is 19.9 Å². The van der Waals surface area contributed by atoms with Crippen LogP contribution in [-0.4, -0.2) is 29.4 Å². The fraction of sp³-hybridized carbons (Fsp3) is 0.148. The Morgan fingerprint density at radius 2 is 1.71 bits per heavy atom. The van der Waals surface area contributed by atoms with Gasteiger partial charge in [0, 0.05) is 16.3 Å². The van der Waals surface area contributed by atoms with Crippen LogP contribution in [0.4, 0.5) is 5.69 Å². The molecular weight excluding hydrogens is 454 g/mol.